The van der Waals surface area contributed by atoms with Crippen LogP contribution in [0.1, 0.15) is 5.56 Å². The fourth-order valence-corrected chi connectivity index (χ4v) is 1.76. The lowest BCUT2D eigenvalue weighted by atomic mass is 10.1. The normalized spacial score (nSPS) is 14.2. The molecule has 3 nitrogen and oxygen atoms in total. The van der Waals surface area contributed by atoms with Gasteiger partial charge in [-0.15, -0.1) is 0 Å². The average molecular weight is 171 g/mol. The van der Waals surface area contributed by atoms with Gasteiger partial charge in [0, 0.05) is 29.9 Å². The Kier molecular flexibility index (Phi) is 1.29. The molecule has 2 aromatic rings. The third-order valence-corrected chi connectivity index (χ3v) is 2.42. The van der Waals surface area contributed by atoms with Crippen molar-refractivity contribution in [3.63, 3.8) is 0 Å². The van der Waals surface area contributed by atoms with Crippen LogP contribution in [0, 0.1) is 0 Å². The zero-order valence-corrected chi connectivity index (χ0v) is 7.04. The molecule has 2 N–H and O–H groups in total. The summed E-state index contributed by atoms with van der Waals surface area (Å²) in [4.78, 5) is 4.13. The van der Waals surface area contributed by atoms with Crippen LogP contribution in [-0.4, -0.2) is 4.98 Å². The van der Waals surface area contributed by atoms with Crippen molar-refractivity contribution in [1.82, 2.24) is 10.4 Å². The minimum Gasteiger partial charge on any atom is -0.321 e. The molecule has 0 fully saturated rings. The lowest BCUT2D eigenvalue weighted by molar-refractivity contribution is 0.863. The number of pyridine rings is 1. The van der Waals surface area contributed by atoms with Crippen LogP contribution in [0.2, 0.25) is 0 Å². The van der Waals surface area contributed by atoms with Gasteiger partial charge in [0.1, 0.15) is 0 Å². The molecule has 0 unspecified atom stereocenters. The fourth-order valence-electron chi connectivity index (χ4n) is 1.76. The molecule has 0 aliphatic carbocycles. The molecule has 0 atom stereocenters. The summed E-state index contributed by atoms with van der Waals surface area (Å²) in [6, 6.07) is 6.24. The van der Waals surface area contributed by atoms with E-state index in [2.05, 4.69) is 28.0 Å². The first-order valence-electron chi connectivity index (χ1n) is 4.29. The van der Waals surface area contributed by atoms with E-state index in [0.29, 0.717) is 0 Å². The predicted molar refractivity (Wildman–Crippen MR) is 52.2 cm³/mol. The number of hydrogen-bond acceptors (Lipinski definition) is 3. The summed E-state index contributed by atoms with van der Waals surface area (Å²) in [5.74, 6) is 0. The van der Waals surface area contributed by atoms with Gasteiger partial charge in [0.15, 0.2) is 0 Å². The van der Waals surface area contributed by atoms with Crippen molar-refractivity contribution in [3.05, 3.63) is 36.2 Å². The van der Waals surface area contributed by atoms with Crippen LogP contribution >= 0.6 is 0 Å². The minimum absolute atomic E-state index is 0.873. The molecule has 0 saturated carbocycles. The van der Waals surface area contributed by atoms with Gasteiger partial charge in [-0.05, 0) is 17.5 Å². The number of nitrogens with one attached hydrogen (secondary N) is 2. The van der Waals surface area contributed by atoms with Crippen LogP contribution in [0.25, 0.3) is 10.8 Å². The molecule has 1 aliphatic rings. The summed E-state index contributed by atoms with van der Waals surface area (Å²) < 4.78 is 0. The number of fused-ring (bicyclic) bond motifs is 3. The second-order valence-electron chi connectivity index (χ2n) is 3.17. The Morgan fingerprint density at radius 1 is 1.23 bits per heavy atom. The Bertz CT molecular complexity index is 465. The lowest BCUT2D eigenvalue weighted by Gasteiger charge is -2.02. The van der Waals surface area contributed by atoms with Crippen LogP contribution in [0.15, 0.2) is 30.6 Å². The monoisotopic (exact) mass is 171 g/mol. The van der Waals surface area contributed by atoms with Gasteiger partial charge in [0.05, 0.1) is 5.69 Å². The van der Waals surface area contributed by atoms with Gasteiger partial charge in [-0.25, -0.2) is 5.43 Å². The van der Waals surface area contributed by atoms with E-state index in [0.717, 1.165) is 6.54 Å². The SMILES string of the molecule is c1cc2ccc3c(c2cn1)CNN3. The van der Waals surface area contributed by atoms with Gasteiger partial charge in [-0.2, -0.15) is 0 Å². The molecule has 0 amide bonds. The highest BCUT2D eigenvalue weighted by Gasteiger charge is 2.11. The number of hydrogen-bond donors (Lipinski definition) is 2. The maximum atomic E-state index is 4.13. The molecule has 1 aromatic carbocycles. The van der Waals surface area contributed by atoms with E-state index in [-0.39, 0.29) is 0 Å². The maximum absolute atomic E-state index is 4.13. The molecule has 64 valence electrons. The fraction of sp³-hybridized carbons (Fsp3) is 0.100. The highest BCUT2D eigenvalue weighted by Crippen LogP contribution is 2.27. The topological polar surface area (TPSA) is 37.0 Å². The maximum Gasteiger partial charge on any atom is 0.0540 e. The third kappa shape index (κ3) is 0.907. The predicted octanol–water partition coefficient (Wildman–Crippen LogP) is 1.66. The number of aromatic nitrogens is 1. The number of benzene rings is 1. The van der Waals surface area contributed by atoms with Gasteiger partial charge in [0.25, 0.3) is 0 Å². The summed E-state index contributed by atoms with van der Waals surface area (Å²) >= 11 is 0. The first kappa shape index (κ1) is 6.86. The van der Waals surface area contributed by atoms with Crippen molar-refractivity contribution in [2.45, 2.75) is 6.54 Å². The van der Waals surface area contributed by atoms with Crippen LogP contribution in [0.3, 0.4) is 0 Å². The Morgan fingerprint density at radius 2 is 2.23 bits per heavy atom. The number of rotatable bonds is 0. The van der Waals surface area contributed by atoms with Crippen molar-refractivity contribution < 1.29 is 0 Å². The minimum atomic E-state index is 0.873. The van der Waals surface area contributed by atoms with E-state index in [1.54, 1.807) is 0 Å². The molecule has 13 heavy (non-hydrogen) atoms. The summed E-state index contributed by atoms with van der Waals surface area (Å²) in [6.07, 6.45) is 3.74. The van der Waals surface area contributed by atoms with Gasteiger partial charge in [-0.1, -0.05) is 6.07 Å². The van der Waals surface area contributed by atoms with Crippen molar-refractivity contribution >= 4 is 16.5 Å². The van der Waals surface area contributed by atoms with Crippen molar-refractivity contribution in [3.8, 4) is 0 Å². The zero-order chi connectivity index (χ0) is 8.67. The van der Waals surface area contributed by atoms with E-state index in [1.807, 2.05) is 18.5 Å². The van der Waals surface area contributed by atoms with Crippen LogP contribution < -0.4 is 10.9 Å². The molecule has 3 rings (SSSR count). The molecule has 3 heteroatoms. The third-order valence-electron chi connectivity index (χ3n) is 2.42. The second-order valence-corrected chi connectivity index (χ2v) is 3.17. The highest BCUT2D eigenvalue weighted by atomic mass is 15.4. The highest BCUT2D eigenvalue weighted by molar-refractivity contribution is 5.89. The van der Waals surface area contributed by atoms with Crippen molar-refractivity contribution in [1.29, 1.82) is 0 Å². The smallest absolute Gasteiger partial charge is 0.0540 e. The van der Waals surface area contributed by atoms with Crippen LogP contribution in [0.5, 0.6) is 0 Å². The summed E-state index contributed by atoms with van der Waals surface area (Å²) in [6.45, 7) is 0.873. The molecule has 0 radical (unpaired) electrons. The molecule has 0 saturated heterocycles. The Labute approximate surface area is 75.8 Å². The number of anilines is 1. The van der Waals surface area contributed by atoms with Crippen molar-refractivity contribution in [2.24, 2.45) is 0 Å². The Morgan fingerprint density at radius 3 is 3.23 bits per heavy atom. The van der Waals surface area contributed by atoms with E-state index in [4.69, 9.17) is 0 Å². The average Bonchev–Trinajstić information content (AvgIpc) is 2.65. The number of hydrazine groups is 1. The molecule has 2 heterocycles. The summed E-state index contributed by atoms with van der Waals surface area (Å²) in [5.41, 5.74) is 8.69. The molecule has 0 bridgehead atoms. The largest absolute Gasteiger partial charge is 0.321 e. The Balaban J connectivity index is 2.43. The number of nitrogens with zero attached hydrogens (tertiary/aromatic N) is 1. The van der Waals surface area contributed by atoms with E-state index in [1.165, 1.54) is 22.0 Å². The van der Waals surface area contributed by atoms with E-state index in [9.17, 15) is 0 Å². The first-order chi connectivity index (χ1) is 6.45. The van der Waals surface area contributed by atoms with Crippen LogP contribution in [-0.2, 0) is 6.54 Å². The van der Waals surface area contributed by atoms with Gasteiger partial charge in [0.2, 0.25) is 0 Å². The van der Waals surface area contributed by atoms with Gasteiger partial charge >= 0.3 is 0 Å². The molecule has 1 aliphatic heterocycles. The van der Waals surface area contributed by atoms with E-state index < -0.39 is 0 Å². The molecular formula is C10H9N3. The van der Waals surface area contributed by atoms with Gasteiger partial charge in [-0.3, -0.25) is 4.98 Å². The van der Waals surface area contributed by atoms with Gasteiger partial charge < -0.3 is 5.43 Å². The molecular weight excluding hydrogens is 162 g/mol. The summed E-state index contributed by atoms with van der Waals surface area (Å²) in [5, 5.41) is 2.48. The van der Waals surface area contributed by atoms with E-state index >= 15 is 0 Å². The zero-order valence-electron chi connectivity index (χ0n) is 7.04. The lowest BCUT2D eigenvalue weighted by Crippen LogP contribution is -2.10. The second kappa shape index (κ2) is 2.44. The van der Waals surface area contributed by atoms with Crippen LogP contribution in [0.4, 0.5) is 5.69 Å². The quantitative estimate of drug-likeness (QED) is 0.633. The standard InChI is InChI=1S/C10H9N3/c1-2-10-9(6-12-13-10)8-5-11-4-3-7(1)8/h1-5,12-13H,6H2. The molecule has 1 aromatic heterocycles. The Hall–Kier alpha value is -1.61. The molecule has 0 spiro atoms. The first-order valence-corrected chi connectivity index (χ1v) is 4.29. The summed E-state index contributed by atoms with van der Waals surface area (Å²) in [7, 11) is 0. The van der Waals surface area contributed by atoms with Crippen molar-refractivity contribution in [2.75, 3.05) is 5.43 Å².